The Hall–Kier alpha value is -1.23. The third-order valence-corrected chi connectivity index (χ3v) is 4.30. The minimum atomic E-state index is -0.283. The van der Waals surface area contributed by atoms with Gasteiger partial charge in [-0.2, -0.15) is 0 Å². The topological polar surface area (TPSA) is 44.5 Å². The van der Waals surface area contributed by atoms with Crippen LogP contribution in [0.4, 0.5) is 0 Å². The summed E-state index contributed by atoms with van der Waals surface area (Å²) >= 11 is 7.68. The Kier molecular flexibility index (Phi) is 3.16. The lowest BCUT2D eigenvalue weighted by Crippen LogP contribution is -2.19. The largest absolute Gasteiger partial charge is 0.486 e. The molecule has 94 valence electrons. The molecular weight excluding hydrogens is 270 g/mol. The van der Waals surface area contributed by atoms with Gasteiger partial charge in [0.05, 0.1) is 11.1 Å². The van der Waals surface area contributed by atoms with E-state index >= 15 is 0 Å². The third-order valence-electron chi connectivity index (χ3n) is 2.86. The first-order valence-electron chi connectivity index (χ1n) is 5.64. The normalized spacial score (nSPS) is 15.4. The lowest BCUT2D eigenvalue weighted by atomic mass is 10.0. The van der Waals surface area contributed by atoms with Crippen molar-refractivity contribution in [1.82, 2.24) is 0 Å². The Morgan fingerprint density at radius 3 is 2.83 bits per heavy atom. The molecule has 1 aromatic carbocycles. The quantitative estimate of drug-likeness (QED) is 0.919. The highest BCUT2D eigenvalue weighted by Gasteiger charge is 2.22. The number of hydrogen-bond acceptors (Lipinski definition) is 4. The van der Waals surface area contributed by atoms with Crippen molar-refractivity contribution in [3.05, 3.63) is 45.1 Å². The Morgan fingerprint density at radius 1 is 1.22 bits per heavy atom. The lowest BCUT2D eigenvalue weighted by Gasteiger charge is -2.23. The zero-order valence-corrected chi connectivity index (χ0v) is 11.1. The van der Waals surface area contributed by atoms with Crippen LogP contribution in [-0.4, -0.2) is 13.2 Å². The maximum absolute atomic E-state index is 6.28. The Morgan fingerprint density at radius 2 is 2.06 bits per heavy atom. The van der Waals surface area contributed by atoms with Crippen LogP contribution in [0.1, 0.15) is 16.5 Å². The molecule has 0 aliphatic carbocycles. The molecule has 0 saturated heterocycles. The summed E-state index contributed by atoms with van der Waals surface area (Å²) in [5.41, 5.74) is 7.19. The summed E-state index contributed by atoms with van der Waals surface area (Å²) < 4.78 is 11.2. The highest BCUT2D eigenvalue weighted by Crippen LogP contribution is 2.40. The monoisotopic (exact) mass is 281 g/mol. The maximum Gasteiger partial charge on any atom is 0.166 e. The predicted molar refractivity (Wildman–Crippen MR) is 72.8 cm³/mol. The van der Waals surface area contributed by atoms with Gasteiger partial charge >= 0.3 is 0 Å². The van der Waals surface area contributed by atoms with E-state index in [1.807, 2.05) is 29.6 Å². The minimum absolute atomic E-state index is 0.283. The van der Waals surface area contributed by atoms with Crippen LogP contribution in [0.2, 0.25) is 5.02 Å². The van der Waals surface area contributed by atoms with E-state index in [4.69, 9.17) is 26.8 Å². The minimum Gasteiger partial charge on any atom is -0.486 e. The average Bonchev–Trinajstić information content (AvgIpc) is 2.83. The van der Waals surface area contributed by atoms with Gasteiger partial charge in [-0.25, -0.2) is 0 Å². The molecule has 0 amide bonds. The molecule has 0 saturated carbocycles. The van der Waals surface area contributed by atoms with Gasteiger partial charge in [0.15, 0.2) is 11.5 Å². The molecule has 1 aliphatic heterocycles. The van der Waals surface area contributed by atoms with E-state index in [0.29, 0.717) is 18.2 Å². The van der Waals surface area contributed by atoms with Crippen molar-refractivity contribution in [2.45, 2.75) is 6.04 Å². The molecule has 2 N–H and O–H groups in total. The number of ether oxygens (including phenoxy) is 2. The van der Waals surface area contributed by atoms with Crippen molar-refractivity contribution >= 4 is 22.9 Å². The fraction of sp³-hybridized carbons (Fsp3) is 0.231. The average molecular weight is 282 g/mol. The number of benzene rings is 1. The molecule has 2 aromatic rings. The van der Waals surface area contributed by atoms with Crippen LogP contribution < -0.4 is 15.2 Å². The summed E-state index contributed by atoms with van der Waals surface area (Å²) in [6, 6.07) is 7.34. The summed E-state index contributed by atoms with van der Waals surface area (Å²) in [4.78, 5) is 0.944. The number of rotatable bonds is 2. The lowest BCUT2D eigenvalue weighted by molar-refractivity contribution is 0.169. The molecule has 0 spiro atoms. The van der Waals surface area contributed by atoms with Gasteiger partial charge in [0.25, 0.3) is 0 Å². The van der Waals surface area contributed by atoms with Crippen molar-refractivity contribution in [1.29, 1.82) is 0 Å². The van der Waals surface area contributed by atoms with Crippen LogP contribution in [0, 0.1) is 0 Å². The molecule has 3 nitrogen and oxygen atoms in total. The van der Waals surface area contributed by atoms with Crippen LogP contribution in [0.3, 0.4) is 0 Å². The number of halogens is 1. The highest BCUT2D eigenvalue weighted by molar-refractivity contribution is 7.10. The second-order valence-electron chi connectivity index (χ2n) is 3.98. The first-order chi connectivity index (χ1) is 8.77. The Labute approximate surface area is 114 Å². The summed E-state index contributed by atoms with van der Waals surface area (Å²) in [7, 11) is 0. The summed E-state index contributed by atoms with van der Waals surface area (Å²) in [5, 5.41) is 2.63. The fourth-order valence-corrected chi connectivity index (χ4v) is 3.20. The number of para-hydroxylation sites is 1. The van der Waals surface area contributed by atoms with Gasteiger partial charge in [-0.15, -0.1) is 11.3 Å². The molecule has 0 bridgehead atoms. The number of nitrogens with two attached hydrogens (primary N) is 1. The van der Waals surface area contributed by atoms with E-state index in [1.54, 1.807) is 11.3 Å². The van der Waals surface area contributed by atoms with Crippen molar-refractivity contribution in [3.8, 4) is 11.5 Å². The van der Waals surface area contributed by atoms with Gasteiger partial charge in [0.2, 0.25) is 0 Å². The molecule has 3 rings (SSSR count). The molecule has 1 atom stereocenters. The molecule has 0 radical (unpaired) electrons. The van der Waals surface area contributed by atoms with E-state index in [1.165, 1.54) is 0 Å². The van der Waals surface area contributed by atoms with Crippen LogP contribution >= 0.6 is 22.9 Å². The molecule has 1 unspecified atom stereocenters. The number of fused-ring (bicyclic) bond motifs is 1. The SMILES string of the molecule is NC(c1cccc2c1OCCO2)c1sccc1Cl. The zero-order chi connectivity index (χ0) is 12.5. The fourth-order valence-electron chi connectivity index (χ4n) is 2.01. The van der Waals surface area contributed by atoms with Gasteiger partial charge in [-0.3, -0.25) is 0 Å². The van der Waals surface area contributed by atoms with Gasteiger partial charge in [0.1, 0.15) is 13.2 Å². The van der Waals surface area contributed by atoms with Gasteiger partial charge in [0, 0.05) is 10.4 Å². The smallest absolute Gasteiger partial charge is 0.166 e. The molecule has 5 heteroatoms. The molecule has 2 heterocycles. The highest BCUT2D eigenvalue weighted by atomic mass is 35.5. The number of hydrogen-bond donors (Lipinski definition) is 1. The van der Waals surface area contributed by atoms with Crippen molar-refractivity contribution in [2.24, 2.45) is 5.73 Å². The van der Waals surface area contributed by atoms with Crippen LogP contribution in [0.15, 0.2) is 29.6 Å². The Bertz CT molecular complexity index is 570. The van der Waals surface area contributed by atoms with E-state index in [2.05, 4.69) is 0 Å². The van der Waals surface area contributed by atoms with E-state index in [9.17, 15) is 0 Å². The first kappa shape index (κ1) is 11.8. The van der Waals surface area contributed by atoms with Crippen LogP contribution in [0.5, 0.6) is 11.5 Å². The summed E-state index contributed by atoms with van der Waals surface area (Å²) in [6.07, 6.45) is 0. The molecule has 0 fully saturated rings. The van der Waals surface area contributed by atoms with Crippen LogP contribution in [0.25, 0.3) is 0 Å². The van der Waals surface area contributed by atoms with Crippen molar-refractivity contribution in [2.75, 3.05) is 13.2 Å². The van der Waals surface area contributed by atoms with Gasteiger partial charge in [-0.1, -0.05) is 23.7 Å². The van der Waals surface area contributed by atoms with Gasteiger partial charge in [-0.05, 0) is 17.5 Å². The number of thiophene rings is 1. The summed E-state index contributed by atoms with van der Waals surface area (Å²) in [6.45, 7) is 1.13. The van der Waals surface area contributed by atoms with E-state index in [-0.39, 0.29) is 6.04 Å². The maximum atomic E-state index is 6.28. The molecule has 1 aromatic heterocycles. The summed E-state index contributed by atoms with van der Waals surface area (Å²) in [5.74, 6) is 1.49. The molecule has 1 aliphatic rings. The third kappa shape index (κ3) is 1.96. The standard InChI is InChI=1S/C13H12ClNO2S/c14-9-4-7-18-13(9)11(15)8-2-1-3-10-12(8)17-6-5-16-10/h1-4,7,11H,5-6,15H2. The Balaban J connectivity index is 2.04. The van der Waals surface area contributed by atoms with Crippen molar-refractivity contribution < 1.29 is 9.47 Å². The zero-order valence-electron chi connectivity index (χ0n) is 9.56. The van der Waals surface area contributed by atoms with E-state index in [0.717, 1.165) is 21.9 Å². The van der Waals surface area contributed by atoms with Crippen molar-refractivity contribution in [3.63, 3.8) is 0 Å². The molecular formula is C13H12ClNO2S. The van der Waals surface area contributed by atoms with Crippen LogP contribution in [-0.2, 0) is 0 Å². The second-order valence-corrected chi connectivity index (χ2v) is 5.34. The predicted octanol–water partition coefficient (Wildman–Crippen LogP) is 3.22. The second kappa shape index (κ2) is 4.80. The first-order valence-corrected chi connectivity index (χ1v) is 6.90. The molecule has 18 heavy (non-hydrogen) atoms. The van der Waals surface area contributed by atoms with E-state index < -0.39 is 0 Å². The van der Waals surface area contributed by atoms with Gasteiger partial charge < -0.3 is 15.2 Å².